The van der Waals surface area contributed by atoms with Crippen molar-refractivity contribution >= 4 is 34.0 Å². The van der Waals surface area contributed by atoms with Gasteiger partial charge in [0.25, 0.3) is 0 Å². The molecule has 4 aliphatic rings. The Morgan fingerprint density at radius 3 is 2.24 bits per heavy atom. The third kappa shape index (κ3) is 4.14. The monoisotopic (exact) mass is 521 g/mol. The second-order valence-electron chi connectivity index (χ2n) is 11.7. The van der Waals surface area contributed by atoms with Crippen molar-refractivity contribution in [3.05, 3.63) is 94.4 Å². The summed E-state index contributed by atoms with van der Waals surface area (Å²) in [5.74, 6) is 0.861. The first kappa shape index (κ1) is 23.7. The summed E-state index contributed by atoms with van der Waals surface area (Å²) in [6.07, 6.45) is 7.48. The maximum Gasteiger partial charge on any atom is 0.338 e. The van der Waals surface area contributed by atoms with E-state index in [1.807, 2.05) is 48.5 Å². The summed E-state index contributed by atoms with van der Waals surface area (Å²) in [5.41, 5.74) is 4.06. The van der Waals surface area contributed by atoms with Gasteiger partial charge in [-0.15, -0.1) is 11.3 Å². The number of rotatable bonds is 6. The summed E-state index contributed by atoms with van der Waals surface area (Å²) in [4.78, 5) is 25.9. The van der Waals surface area contributed by atoms with Crippen LogP contribution in [0.25, 0.3) is 21.2 Å². The predicted molar refractivity (Wildman–Crippen MR) is 147 cm³/mol. The Morgan fingerprint density at radius 2 is 1.58 bits per heavy atom. The van der Waals surface area contributed by atoms with Crippen LogP contribution in [-0.4, -0.2) is 11.9 Å². The number of thiophene rings is 1. The van der Waals surface area contributed by atoms with Crippen LogP contribution in [0.5, 0.6) is 0 Å². The van der Waals surface area contributed by atoms with Gasteiger partial charge in [-0.05, 0) is 113 Å². The molecule has 0 amide bonds. The van der Waals surface area contributed by atoms with Crippen LogP contribution in [0.3, 0.4) is 0 Å². The standard InChI is InChI=1S/C33H30O4S/c34-31(35)27-14-30(38-19-27)25-7-6-24-12-28(32(36)37-18-20-4-2-1-3-5-20)29(13-26(24)11-25)33-15-21-8-22(16-33)10-23(9-21)17-33/h1-7,11-14,19,21-23H,8-10,15-18H2,(H,34,35)/p-1. The molecule has 0 N–H and O–H groups in total. The van der Waals surface area contributed by atoms with Crippen molar-refractivity contribution in [2.24, 2.45) is 17.8 Å². The lowest BCUT2D eigenvalue weighted by molar-refractivity contribution is -0.255. The number of aromatic carboxylic acids is 1. The maximum atomic E-state index is 13.6. The minimum atomic E-state index is -1.16. The third-order valence-electron chi connectivity index (χ3n) is 9.14. The summed E-state index contributed by atoms with van der Waals surface area (Å²) >= 11 is 1.41. The maximum absolute atomic E-state index is 13.6. The van der Waals surface area contributed by atoms with Gasteiger partial charge < -0.3 is 14.6 Å². The minimum absolute atomic E-state index is 0.0329. The molecule has 0 saturated heterocycles. The zero-order chi connectivity index (χ0) is 25.9. The van der Waals surface area contributed by atoms with Crippen molar-refractivity contribution in [3.63, 3.8) is 0 Å². The van der Waals surface area contributed by atoms with Gasteiger partial charge in [-0.2, -0.15) is 0 Å². The van der Waals surface area contributed by atoms with Crippen LogP contribution in [-0.2, 0) is 16.8 Å². The Labute approximate surface area is 226 Å². The molecule has 0 spiro atoms. The average molecular weight is 522 g/mol. The van der Waals surface area contributed by atoms with Crippen molar-refractivity contribution in [1.82, 2.24) is 0 Å². The summed E-state index contributed by atoms with van der Waals surface area (Å²) in [5, 5.41) is 15.0. The second-order valence-corrected chi connectivity index (χ2v) is 12.6. The van der Waals surface area contributed by atoms with Gasteiger partial charge in [0.2, 0.25) is 0 Å². The van der Waals surface area contributed by atoms with Gasteiger partial charge in [0.15, 0.2) is 0 Å². The first-order chi connectivity index (χ1) is 18.5. The Hall–Kier alpha value is -3.44. The van der Waals surface area contributed by atoms with Crippen molar-refractivity contribution in [1.29, 1.82) is 0 Å². The first-order valence-electron chi connectivity index (χ1n) is 13.6. The van der Waals surface area contributed by atoms with Gasteiger partial charge in [0.05, 0.1) is 11.5 Å². The zero-order valence-corrected chi connectivity index (χ0v) is 22.0. The summed E-state index contributed by atoms with van der Waals surface area (Å²) in [6, 6.07) is 21.9. The molecule has 4 aliphatic carbocycles. The molecule has 4 aromatic rings. The fraction of sp³-hybridized carbons (Fsp3) is 0.333. The quantitative estimate of drug-likeness (QED) is 0.263. The van der Waals surface area contributed by atoms with E-state index in [9.17, 15) is 14.7 Å². The molecule has 4 saturated carbocycles. The van der Waals surface area contributed by atoms with Crippen molar-refractivity contribution in [3.8, 4) is 10.4 Å². The number of ether oxygens (including phenoxy) is 1. The molecular weight excluding hydrogens is 492 g/mol. The topological polar surface area (TPSA) is 66.4 Å². The molecule has 0 unspecified atom stereocenters. The molecule has 192 valence electrons. The van der Waals surface area contributed by atoms with E-state index >= 15 is 0 Å². The minimum Gasteiger partial charge on any atom is -0.545 e. The van der Waals surface area contributed by atoms with E-state index < -0.39 is 5.97 Å². The lowest BCUT2D eigenvalue weighted by Gasteiger charge is -2.57. The molecule has 1 heterocycles. The lowest BCUT2D eigenvalue weighted by atomic mass is 9.47. The molecule has 1 aromatic heterocycles. The number of fused-ring (bicyclic) bond motifs is 1. The summed E-state index contributed by atoms with van der Waals surface area (Å²) in [7, 11) is 0. The molecule has 0 aliphatic heterocycles. The van der Waals surface area contributed by atoms with Gasteiger partial charge in [-0.25, -0.2) is 4.79 Å². The van der Waals surface area contributed by atoms with E-state index in [0.29, 0.717) is 5.56 Å². The molecule has 0 radical (unpaired) electrons. The fourth-order valence-electron chi connectivity index (χ4n) is 7.89. The summed E-state index contributed by atoms with van der Waals surface area (Å²) < 4.78 is 5.89. The largest absolute Gasteiger partial charge is 0.545 e. The summed E-state index contributed by atoms with van der Waals surface area (Å²) in [6.45, 7) is 0.260. The van der Waals surface area contributed by atoms with Gasteiger partial charge >= 0.3 is 5.97 Å². The van der Waals surface area contributed by atoms with Crippen LogP contribution < -0.4 is 5.11 Å². The third-order valence-corrected chi connectivity index (χ3v) is 10.1. The highest BCUT2D eigenvalue weighted by Gasteiger charge is 2.52. The van der Waals surface area contributed by atoms with Crippen molar-refractivity contribution in [2.45, 2.75) is 50.5 Å². The first-order valence-corrected chi connectivity index (χ1v) is 14.4. The second kappa shape index (κ2) is 9.09. The fourth-order valence-corrected chi connectivity index (χ4v) is 8.77. The van der Waals surface area contributed by atoms with Crippen LogP contribution in [0.2, 0.25) is 0 Å². The van der Waals surface area contributed by atoms with E-state index in [2.05, 4.69) is 12.1 Å². The molecule has 8 rings (SSSR count). The number of carbonyl (C=O) groups is 2. The molecule has 38 heavy (non-hydrogen) atoms. The van der Waals surface area contributed by atoms with E-state index in [1.54, 1.807) is 11.4 Å². The van der Waals surface area contributed by atoms with Crippen LogP contribution in [0.1, 0.15) is 70.4 Å². The highest BCUT2D eigenvalue weighted by molar-refractivity contribution is 7.13. The van der Waals surface area contributed by atoms with Crippen LogP contribution in [0.15, 0.2) is 72.1 Å². The van der Waals surface area contributed by atoms with Gasteiger partial charge in [0, 0.05) is 15.8 Å². The molecule has 3 aromatic carbocycles. The molecule has 5 heteroatoms. The number of carboxylic acids is 1. The molecule has 4 nitrogen and oxygen atoms in total. The Morgan fingerprint density at radius 1 is 0.868 bits per heavy atom. The van der Waals surface area contributed by atoms with Gasteiger partial charge in [0.1, 0.15) is 6.61 Å². The zero-order valence-electron chi connectivity index (χ0n) is 21.2. The van der Waals surface area contributed by atoms with Crippen LogP contribution in [0.4, 0.5) is 0 Å². The Kier molecular flexibility index (Phi) is 5.66. The highest BCUT2D eigenvalue weighted by atomic mass is 32.1. The van der Waals surface area contributed by atoms with E-state index in [-0.39, 0.29) is 23.6 Å². The van der Waals surface area contributed by atoms with Crippen LogP contribution >= 0.6 is 11.3 Å². The number of hydrogen-bond acceptors (Lipinski definition) is 5. The van der Waals surface area contributed by atoms with E-state index in [1.165, 1.54) is 30.6 Å². The molecule has 4 fully saturated rings. The number of carbonyl (C=O) groups excluding carboxylic acids is 2. The smallest absolute Gasteiger partial charge is 0.338 e. The van der Waals surface area contributed by atoms with Crippen LogP contribution in [0, 0.1) is 17.8 Å². The highest BCUT2D eigenvalue weighted by Crippen LogP contribution is 2.61. The van der Waals surface area contributed by atoms with Crippen molar-refractivity contribution in [2.75, 3.05) is 0 Å². The Bertz CT molecular complexity index is 1510. The molecular formula is C33H29O4S-. The molecule has 0 atom stereocenters. The SMILES string of the molecule is O=C([O-])c1csc(-c2ccc3cc(C(=O)OCc4ccccc4)c(C45CC6CC(CC(C6)C4)C5)cc3c2)c1. The normalized spacial score (nSPS) is 25.5. The van der Waals surface area contributed by atoms with Gasteiger partial charge in [-0.1, -0.05) is 42.5 Å². The number of esters is 1. The molecule has 4 bridgehead atoms. The van der Waals surface area contributed by atoms with Gasteiger partial charge in [-0.3, -0.25) is 0 Å². The number of carboxylic acid groups (broad SMARTS) is 1. The van der Waals surface area contributed by atoms with E-state index in [0.717, 1.165) is 69.4 Å². The lowest BCUT2D eigenvalue weighted by Crippen LogP contribution is -2.49. The number of benzene rings is 3. The van der Waals surface area contributed by atoms with Crippen molar-refractivity contribution < 1.29 is 19.4 Å². The Balaban J connectivity index is 1.31. The predicted octanol–water partition coefficient (Wildman–Crippen LogP) is 6.76. The van der Waals surface area contributed by atoms with E-state index in [4.69, 9.17) is 4.74 Å². The number of hydrogen-bond donors (Lipinski definition) is 0. The average Bonchev–Trinajstić information content (AvgIpc) is 3.41.